The van der Waals surface area contributed by atoms with Crippen molar-refractivity contribution in [2.75, 3.05) is 6.54 Å². The molecule has 21 heavy (non-hydrogen) atoms. The monoisotopic (exact) mass is 322 g/mol. The Morgan fingerprint density at radius 3 is 2.48 bits per heavy atom. The summed E-state index contributed by atoms with van der Waals surface area (Å²) in [7, 11) is -4.02. The quantitative estimate of drug-likeness (QED) is 0.871. The van der Waals surface area contributed by atoms with Crippen molar-refractivity contribution in [3.63, 3.8) is 0 Å². The summed E-state index contributed by atoms with van der Waals surface area (Å²) in [6.45, 7) is 1.59. The number of alkyl halides is 3. The Labute approximate surface area is 121 Å². The minimum Gasteiger partial charge on any atom is -0.329 e. The molecule has 1 saturated carbocycles. The van der Waals surface area contributed by atoms with Crippen LogP contribution in [0.15, 0.2) is 23.1 Å². The number of halogens is 3. The van der Waals surface area contributed by atoms with Gasteiger partial charge in [-0.25, -0.2) is 13.1 Å². The molecule has 0 bridgehead atoms. The lowest BCUT2D eigenvalue weighted by atomic mass is 10.1. The summed E-state index contributed by atoms with van der Waals surface area (Å²) in [4.78, 5) is -0.351. The van der Waals surface area contributed by atoms with E-state index in [1.165, 1.54) is 6.92 Å². The molecule has 0 amide bonds. The number of rotatable bonds is 5. The minimum absolute atomic E-state index is 0.127. The number of aryl methyl sites for hydroxylation is 1. The molecule has 118 valence electrons. The zero-order valence-corrected chi connectivity index (χ0v) is 12.3. The van der Waals surface area contributed by atoms with Crippen LogP contribution in [0.4, 0.5) is 13.2 Å². The molecule has 1 aliphatic carbocycles. The number of nitrogens with two attached hydrogens (primary N) is 1. The van der Waals surface area contributed by atoms with E-state index < -0.39 is 27.8 Å². The maximum Gasteiger partial charge on any atom is 0.416 e. The van der Waals surface area contributed by atoms with Gasteiger partial charge in [0, 0.05) is 12.6 Å². The van der Waals surface area contributed by atoms with E-state index in [0.717, 1.165) is 25.0 Å². The molecule has 0 radical (unpaired) electrons. The first-order valence-electron chi connectivity index (χ1n) is 6.55. The standard InChI is InChI=1S/C13H17F3N2O2S/c1-8-2-5-10(13(14,15)16)6-12(8)21(19,20)18-11(7-17)9-3-4-9/h2,5-6,9,11,18H,3-4,7,17H2,1H3. The summed E-state index contributed by atoms with van der Waals surface area (Å²) in [6, 6.07) is 2.27. The predicted molar refractivity (Wildman–Crippen MR) is 72.1 cm³/mol. The molecule has 1 atom stereocenters. The van der Waals surface area contributed by atoms with Crippen LogP contribution in [0.2, 0.25) is 0 Å². The lowest BCUT2D eigenvalue weighted by Crippen LogP contribution is -2.41. The minimum atomic E-state index is -4.58. The van der Waals surface area contributed by atoms with E-state index in [2.05, 4.69) is 4.72 Å². The van der Waals surface area contributed by atoms with Crippen molar-refractivity contribution in [2.24, 2.45) is 11.7 Å². The van der Waals surface area contributed by atoms with Gasteiger partial charge < -0.3 is 5.73 Å². The highest BCUT2D eigenvalue weighted by molar-refractivity contribution is 7.89. The second-order valence-corrected chi connectivity index (χ2v) is 6.96. The van der Waals surface area contributed by atoms with Crippen LogP contribution in [0.1, 0.15) is 24.0 Å². The molecule has 0 aliphatic heterocycles. The Balaban J connectivity index is 2.34. The van der Waals surface area contributed by atoms with Crippen LogP contribution in [0.3, 0.4) is 0 Å². The highest BCUT2D eigenvalue weighted by Crippen LogP contribution is 2.34. The third kappa shape index (κ3) is 3.75. The predicted octanol–water partition coefficient (Wildman–Crippen LogP) is 2.03. The van der Waals surface area contributed by atoms with Crippen LogP contribution in [0, 0.1) is 12.8 Å². The van der Waals surface area contributed by atoms with Crippen molar-refractivity contribution < 1.29 is 21.6 Å². The van der Waals surface area contributed by atoms with Gasteiger partial charge in [0.15, 0.2) is 0 Å². The maximum absolute atomic E-state index is 12.7. The Bertz CT molecular complexity index is 625. The van der Waals surface area contributed by atoms with Gasteiger partial charge in [0.1, 0.15) is 0 Å². The van der Waals surface area contributed by atoms with E-state index in [0.29, 0.717) is 6.07 Å². The third-order valence-electron chi connectivity index (χ3n) is 3.56. The highest BCUT2D eigenvalue weighted by Gasteiger charge is 2.35. The van der Waals surface area contributed by atoms with Crippen molar-refractivity contribution in [2.45, 2.75) is 36.9 Å². The Morgan fingerprint density at radius 2 is 2.00 bits per heavy atom. The van der Waals surface area contributed by atoms with E-state index in [-0.39, 0.29) is 22.9 Å². The van der Waals surface area contributed by atoms with Crippen LogP contribution < -0.4 is 10.5 Å². The molecule has 1 fully saturated rings. The summed E-state index contributed by atoms with van der Waals surface area (Å²) < 4.78 is 65.2. The van der Waals surface area contributed by atoms with Gasteiger partial charge >= 0.3 is 6.18 Å². The summed E-state index contributed by atoms with van der Waals surface area (Å²) >= 11 is 0. The van der Waals surface area contributed by atoms with Gasteiger partial charge in [-0.05, 0) is 43.4 Å². The topological polar surface area (TPSA) is 72.2 Å². The van der Waals surface area contributed by atoms with Crippen molar-refractivity contribution >= 4 is 10.0 Å². The van der Waals surface area contributed by atoms with Crippen molar-refractivity contribution in [1.29, 1.82) is 0 Å². The van der Waals surface area contributed by atoms with Crippen molar-refractivity contribution in [1.82, 2.24) is 4.72 Å². The van der Waals surface area contributed by atoms with E-state index in [1.807, 2.05) is 0 Å². The fraction of sp³-hybridized carbons (Fsp3) is 0.538. The smallest absolute Gasteiger partial charge is 0.329 e. The molecular formula is C13H17F3N2O2S. The first kappa shape index (κ1) is 16.3. The normalized spacial score (nSPS) is 17.8. The average Bonchev–Trinajstić information content (AvgIpc) is 3.19. The van der Waals surface area contributed by atoms with Crippen LogP contribution in [-0.4, -0.2) is 21.0 Å². The number of benzene rings is 1. The largest absolute Gasteiger partial charge is 0.416 e. The maximum atomic E-state index is 12.7. The first-order valence-corrected chi connectivity index (χ1v) is 8.03. The molecule has 8 heteroatoms. The van der Waals surface area contributed by atoms with Crippen molar-refractivity contribution in [3.8, 4) is 0 Å². The fourth-order valence-corrected chi connectivity index (χ4v) is 3.75. The Morgan fingerprint density at radius 1 is 1.38 bits per heavy atom. The third-order valence-corrected chi connectivity index (χ3v) is 5.19. The molecule has 3 N–H and O–H groups in total. The van der Waals surface area contributed by atoms with E-state index in [9.17, 15) is 21.6 Å². The molecule has 0 aromatic heterocycles. The van der Waals surface area contributed by atoms with Crippen LogP contribution in [0.5, 0.6) is 0 Å². The molecule has 2 rings (SSSR count). The molecule has 0 heterocycles. The van der Waals surface area contributed by atoms with Gasteiger partial charge in [-0.15, -0.1) is 0 Å². The summed E-state index contributed by atoms with van der Waals surface area (Å²) in [5.41, 5.74) is 4.81. The van der Waals surface area contributed by atoms with Gasteiger partial charge in [0.2, 0.25) is 10.0 Å². The number of sulfonamides is 1. The van der Waals surface area contributed by atoms with Gasteiger partial charge in [-0.3, -0.25) is 0 Å². The SMILES string of the molecule is Cc1ccc(C(F)(F)F)cc1S(=O)(=O)NC(CN)C1CC1. The summed E-state index contributed by atoms with van der Waals surface area (Å²) in [5, 5.41) is 0. The van der Waals surface area contributed by atoms with Crippen molar-refractivity contribution in [3.05, 3.63) is 29.3 Å². The first-order chi connectivity index (χ1) is 9.65. The number of hydrogen-bond acceptors (Lipinski definition) is 3. The van der Waals surface area contributed by atoms with E-state index in [1.54, 1.807) is 0 Å². The molecule has 1 aromatic rings. The summed E-state index contributed by atoms with van der Waals surface area (Å²) in [6.07, 6.45) is -2.82. The second-order valence-electron chi connectivity index (χ2n) is 5.28. The fourth-order valence-electron chi connectivity index (χ4n) is 2.16. The Hall–Kier alpha value is -1.12. The lowest BCUT2D eigenvalue weighted by molar-refractivity contribution is -0.137. The van der Waals surface area contributed by atoms with Gasteiger partial charge in [0.05, 0.1) is 10.5 Å². The molecular weight excluding hydrogens is 305 g/mol. The molecule has 0 spiro atoms. The molecule has 1 unspecified atom stereocenters. The Kier molecular flexibility index (Phi) is 4.32. The van der Waals surface area contributed by atoms with Crippen LogP contribution in [0.25, 0.3) is 0 Å². The zero-order chi connectivity index (χ0) is 15.8. The van der Waals surface area contributed by atoms with Crippen LogP contribution in [-0.2, 0) is 16.2 Å². The zero-order valence-electron chi connectivity index (χ0n) is 11.4. The average molecular weight is 322 g/mol. The summed E-state index contributed by atoms with van der Waals surface area (Å²) in [5.74, 6) is 0.177. The number of hydrogen-bond donors (Lipinski definition) is 2. The van der Waals surface area contributed by atoms with Gasteiger partial charge in [-0.1, -0.05) is 6.07 Å². The van der Waals surface area contributed by atoms with E-state index >= 15 is 0 Å². The number of nitrogens with one attached hydrogen (secondary N) is 1. The molecule has 0 saturated heterocycles. The van der Waals surface area contributed by atoms with Gasteiger partial charge in [0.25, 0.3) is 0 Å². The van der Waals surface area contributed by atoms with Crippen LogP contribution >= 0.6 is 0 Å². The highest BCUT2D eigenvalue weighted by atomic mass is 32.2. The molecule has 4 nitrogen and oxygen atoms in total. The lowest BCUT2D eigenvalue weighted by Gasteiger charge is -2.18. The van der Waals surface area contributed by atoms with Gasteiger partial charge in [-0.2, -0.15) is 13.2 Å². The molecule has 1 aliphatic rings. The van der Waals surface area contributed by atoms with E-state index in [4.69, 9.17) is 5.73 Å². The molecule has 1 aromatic carbocycles. The second kappa shape index (κ2) is 5.58.